The topological polar surface area (TPSA) is 26.3 Å². The molecule has 3 saturated carbocycles. The van der Waals surface area contributed by atoms with Gasteiger partial charge in [0.15, 0.2) is 0 Å². The quantitative estimate of drug-likeness (QED) is 0.617. The predicted molar refractivity (Wildman–Crippen MR) is 82.6 cm³/mol. The molecule has 1 heterocycles. The molecule has 0 N–H and O–H groups in total. The lowest BCUT2D eigenvalue weighted by molar-refractivity contribution is -0.177. The van der Waals surface area contributed by atoms with E-state index in [4.69, 9.17) is 4.74 Å². The van der Waals surface area contributed by atoms with E-state index in [9.17, 15) is 4.79 Å². The molecule has 0 aromatic carbocycles. The molecule has 0 aromatic heterocycles. The van der Waals surface area contributed by atoms with Crippen LogP contribution in [-0.2, 0) is 9.53 Å². The lowest BCUT2D eigenvalue weighted by Crippen LogP contribution is -2.55. The highest BCUT2D eigenvalue weighted by Gasteiger charge is 2.60. The SMILES string of the molecule is CC1CCC2C3CCC4COC(=O)CC4(C)C3CCC12C. The van der Waals surface area contributed by atoms with Crippen molar-refractivity contribution >= 4 is 5.97 Å². The molecule has 7 atom stereocenters. The number of hydrogen-bond acceptors (Lipinski definition) is 2. The number of carbonyl (C=O) groups is 1. The van der Waals surface area contributed by atoms with Gasteiger partial charge in [-0.05, 0) is 78.9 Å². The summed E-state index contributed by atoms with van der Waals surface area (Å²) in [6, 6.07) is 0. The van der Waals surface area contributed by atoms with Crippen molar-refractivity contribution in [3.05, 3.63) is 0 Å². The molecule has 2 heteroatoms. The minimum Gasteiger partial charge on any atom is -0.465 e. The van der Waals surface area contributed by atoms with Crippen molar-refractivity contribution in [2.45, 2.75) is 65.7 Å². The summed E-state index contributed by atoms with van der Waals surface area (Å²) in [5.41, 5.74) is 0.810. The van der Waals surface area contributed by atoms with Gasteiger partial charge in [-0.15, -0.1) is 0 Å². The highest BCUT2D eigenvalue weighted by Crippen LogP contribution is 2.66. The highest BCUT2D eigenvalue weighted by atomic mass is 16.5. The van der Waals surface area contributed by atoms with Crippen LogP contribution in [0.25, 0.3) is 0 Å². The van der Waals surface area contributed by atoms with Crippen LogP contribution < -0.4 is 0 Å². The van der Waals surface area contributed by atoms with E-state index in [0.29, 0.717) is 24.4 Å². The molecule has 0 radical (unpaired) electrons. The molecule has 0 amide bonds. The lowest BCUT2D eigenvalue weighted by atomic mass is 9.46. The van der Waals surface area contributed by atoms with Crippen LogP contribution >= 0.6 is 0 Å². The molecular weight excluding hydrogens is 260 g/mol. The first-order valence-electron chi connectivity index (χ1n) is 9.11. The molecular formula is C19H30O2. The fraction of sp³-hybridized carbons (Fsp3) is 0.947. The molecule has 118 valence electrons. The summed E-state index contributed by atoms with van der Waals surface area (Å²) in [4.78, 5) is 11.9. The maximum Gasteiger partial charge on any atom is 0.306 e. The highest BCUT2D eigenvalue weighted by molar-refractivity contribution is 5.71. The Morgan fingerprint density at radius 3 is 2.57 bits per heavy atom. The Balaban J connectivity index is 1.66. The first kappa shape index (κ1) is 14.1. The summed E-state index contributed by atoms with van der Waals surface area (Å²) in [6.45, 7) is 8.15. The van der Waals surface area contributed by atoms with Crippen LogP contribution in [0.2, 0.25) is 0 Å². The second kappa shape index (κ2) is 4.49. The van der Waals surface area contributed by atoms with Gasteiger partial charge in [-0.2, -0.15) is 0 Å². The molecule has 4 rings (SSSR count). The van der Waals surface area contributed by atoms with Gasteiger partial charge >= 0.3 is 5.97 Å². The maximum absolute atomic E-state index is 11.9. The summed E-state index contributed by atoms with van der Waals surface area (Å²) >= 11 is 0. The van der Waals surface area contributed by atoms with Crippen LogP contribution in [0, 0.1) is 40.4 Å². The van der Waals surface area contributed by atoms with Crippen LogP contribution in [0.15, 0.2) is 0 Å². The van der Waals surface area contributed by atoms with Crippen LogP contribution in [0.4, 0.5) is 0 Å². The Morgan fingerprint density at radius 1 is 1.00 bits per heavy atom. The second-order valence-corrected chi connectivity index (χ2v) is 9.04. The van der Waals surface area contributed by atoms with Crippen LogP contribution in [0.5, 0.6) is 0 Å². The number of rotatable bonds is 0. The molecule has 1 saturated heterocycles. The van der Waals surface area contributed by atoms with Crippen molar-refractivity contribution in [1.82, 2.24) is 0 Å². The number of carbonyl (C=O) groups excluding carboxylic acids is 1. The molecule has 2 nitrogen and oxygen atoms in total. The van der Waals surface area contributed by atoms with Crippen LogP contribution in [-0.4, -0.2) is 12.6 Å². The van der Waals surface area contributed by atoms with E-state index in [1.165, 1.54) is 38.5 Å². The van der Waals surface area contributed by atoms with E-state index in [-0.39, 0.29) is 11.4 Å². The zero-order chi connectivity index (χ0) is 14.8. The van der Waals surface area contributed by atoms with Gasteiger partial charge in [0.25, 0.3) is 0 Å². The van der Waals surface area contributed by atoms with Crippen LogP contribution in [0.3, 0.4) is 0 Å². The van der Waals surface area contributed by atoms with Gasteiger partial charge in [0, 0.05) is 0 Å². The molecule has 0 spiro atoms. The Bertz CT molecular complexity index is 458. The summed E-state index contributed by atoms with van der Waals surface area (Å²) in [5, 5.41) is 0. The molecule has 4 fully saturated rings. The van der Waals surface area contributed by atoms with Crippen molar-refractivity contribution in [2.24, 2.45) is 40.4 Å². The molecule has 7 unspecified atom stereocenters. The average molecular weight is 290 g/mol. The van der Waals surface area contributed by atoms with Gasteiger partial charge in [0.1, 0.15) is 0 Å². The minimum atomic E-state index is 0.0579. The summed E-state index contributed by atoms with van der Waals surface area (Å²) < 4.78 is 5.38. The van der Waals surface area contributed by atoms with Gasteiger partial charge < -0.3 is 4.74 Å². The Hall–Kier alpha value is -0.530. The third kappa shape index (κ3) is 1.80. The van der Waals surface area contributed by atoms with Crippen molar-refractivity contribution < 1.29 is 9.53 Å². The third-order valence-electron chi connectivity index (χ3n) is 8.51. The molecule has 0 bridgehead atoms. The van der Waals surface area contributed by atoms with Gasteiger partial charge in [0.2, 0.25) is 0 Å². The Kier molecular flexibility index (Phi) is 3.01. The second-order valence-electron chi connectivity index (χ2n) is 9.04. The van der Waals surface area contributed by atoms with Gasteiger partial charge in [0.05, 0.1) is 13.0 Å². The summed E-state index contributed by atoms with van der Waals surface area (Å²) in [7, 11) is 0. The molecule has 0 aromatic rings. The number of ether oxygens (including phenoxy) is 1. The van der Waals surface area contributed by atoms with E-state index in [1.807, 2.05) is 0 Å². The lowest BCUT2D eigenvalue weighted by Gasteiger charge is -2.59. The number of fused-ring (bicyclic) bond motifs is 5. The fourth-order valence-electron chi connectivity index (χ4n) is 6.90. The Morgan fingerprint density at radius 2 is 1.76 bits per heavy atom. The zero-order valence-electron chi connectivity index (χ0n) is 13.9. The summed E-state index contributed by atoms with van der Waals surface area (Å²) in [6.07, 6.45) is 8.94. The van der Waals surface area contributed by atoms with E-state index >= 15 is 0 Å². The first-order chi connectivity index (χ1) is 9.95. The van der Waals surface area contributed by atoms with Crippen molar-refractivity contribution in [2.75, 3.05) is 6.61 Å². The average Bonchev–Trinajstić information content (AvgIpc) is 2.74. The standard InChI is InChI=1S/C19H30O2/c1-12-4-7-15-14-6-5-13-11-21-17(20)10-19(13,3)16(14)8-9-18(12,15)2/h12-16H,4-11H2,1-3H3. The molecule has 21 heavy (non-hydrogen) atoms. The molecule has 3 aliphatic carbocycles. The van der Waals surface area contributed by atoms with Gasteiger partial charge in [-0.25, -0.2) is 0 Å². The predicted octanol–water partition coefficient (Wildman–Crippen LogP) is 4.43. The fourth-order valence-corrected chi connectivity index (χ4v) is 6.90. The van der Waals surface area contributed by atoms with Crippen molar-refractivity contribution in [3.8, 4) is 0 Å². The molecule has 1 aliphatic heterocycles. The number of esters is 1. The van der Waals surface area contributed by atoms with E-state index in [2.05, 4.69) is 20.8 Å². The number of cyclic esters (lactones) is 1. The van der Waals surface area contributed by atoms with Crippen LogP contribution in [0.1, 0.15) is 65.7 Å². The number of hydrogen-bond donors (Lipinski definition) is 0. The van der Waals surface area contributed by atoms with E-state index < -0.39 is 0 Å². The smallest absolute Gasteiger partial charge is 0.306 e. The monoisotopic (exact) mass is 290 g/mol. The van der Waals surface area contributed by atoms with Gasteiger partial charge in [-0.3, -0.25) is 4.79 Å². The summed E-state index contributed by atoms with van der Waals surface area (Å²) in [5.74, 6) is 4.14. The van der Waals surface area contributed by atoms with Crippen molar-refractivity contribution in [1.29, 1.82) is 0 Å². The Labute approximate surface area is 129 Å². The maximum atomic E-state index is 11.9. The first-order valence-corrected chi connectivity index (χ1v) is 9.11. The van der Waals surface area contributed by atoms with E-state index in [1.54, 1.807) is 0 Å². The molecule has 4 aliphatic rings. The largest absolute Gasteiger partial charge is 0.465 e. The minimum absolute atomic E-state index is 0.0579. The normalized spacial score (nSPS) is 56.1. The third-order valence-corrected chi connectivity index (χ3v) is 8.51. The zero-order valence-corrected chi connectivity index (χ0v) is 13.9. The van der Waals surface area contributed by atoms with Gasteiger partial charge in [-0.1, -0.05) is 20.8 Å². The van der Waals surface area contributed by atoms with Crippen molar-refractivity contribution in [3.63, 3.8) is 0 Å². The van der Waals surface area contributed by atoms with E-state index in [0.717, 1.165) is 23.7 Å².